The van der Waals surface area contributed by atoms with Gasteiger partial charge in [-0.2, -0.15) is 29.9 Å². The summed E-state index contributed by atoms with van der Waals surface area (Å²) >= 11 is 0. The van der Waals surface area contributed by atoms with E-state index in [4.69, 9.17) is 29.9 Å². The monoisotopic (exact) mass is 1210 g/mol. The third-order valence-corrected chi connectivity index (χ3v) is 30.5. The fourth-order valence-corrected chi connectivity index (χ4v) is 29.8. The van der Waals surface area contributed by atoms with Gasteiger partial charge in [-0.3, -0.25) is 18.3 Å². The average Bonchev–Trinajstić information content (AvgIpc) is 0.719. The van der Waals surface area contributed by atoms with E-state index >= 15 is 0 Å². The summed E-state index contributed by atoms with van der Waals surface area (Å²) in [5, 5.41) is 13.1. The van der Waals surface area contributed by atoms with Gasteiger partial charge in [0, 0.05) is 43.1 Å². The first-order valence-electron chi connectivity index (χ1n) is 31.0. The minimum absolute atomic E-state index is 0.484. The smallest absolute Gasteiger partial charge is 0.323 e. The molecule has 7 heterocycles. The average molecular weight is 1210 g/mol. The van der Waals surface area contributed by atoms with E-state index < -0.39 is 16.8 Å². The Labute approximate surface area is 529 Å². The number of hydrogen-bond acceptors (Lipinski definition) is 8. The molecule has 0 aliphatic carbocycles. The van der Waals surface area contributed by atoms with Crippen molar-refractivity contribution in [2.45, 2.75) is 0 Å². The Kier molecular flexibility index (Phi) is 11.4. The summed E-state index contributed by atoms with van der Waals surface area (Å²) in [7, 11) is -8.02. The minimum Gasteiger partial charge on any atom is -0.346 e. The molecule has 18 aromatic rings. The number of aromatic nitrogens is 10. The van der Waals surface area contributed by atoms with Crippen LogP contribution < -0.4 is 29.2 Å². The normalized spacial score (nSPS) is 13.8. The van der Waals surface area contributed by atoms with E-state index in [-0.39, 0.29) is 0 Å². The predicted molar refractivity (Wildman–Crippen MR) is 378 cm³/mol. The van der Waals surface area contributed by atoms with Crippen molar-refractivity contribution in [3.8, 4) is 23.8 Å². The highest BCUT2D eigenvalue weighted by Gasteiger charge is 2.77. The first kappa shape index (κ1) is 51.9. The number of benzene rings is 12. The molecular weight excluding hydrogens is 1160 g/mol. The number of rotatable bonds is 10. The number of para-hydroxylation sites is 8. The Morgan fingerprint density at radius 3 is 0.500 bits per heavy atom. The van der Waals surface area contributed by atoms with Gasteiger partial charge < -0.3 is 8.46 Å². The van der Waals surface area contributed by atoms with Crippen LogP contribution in [0.15, 0.2) is 315 Å². The van der Waals surface area contributed by atoms with Crippen molar-refractivity contribution in [2.24, 2.45) is 0 Å². The van der Waals surface area contributed by atoms with Crippen molar-refractivity contribution >= 4 is 137 Å². The largest absolute Gasteiger partial charge is 0.346 e. The minimum atomic E-state index is -4.01. The molecule has 0 unspecified atom stereocenters. The number of fused-ring (bicyclic) bond motifs is 12. The Morgan fingerprint density at radius 1 is 0.163 bits per heavy atom. The molecule has 432 valence electrons. The van der Waals surface area contributed by atoms with Crippen molar-refractivity contribution in [3.05, 3.63) is 315 Å². The Morgan fingerprint density at radius 2 is 0.315 bits per heavy atom. The van der Waals surface area contributed by atoms with Crippen molar-refractivity contribution in [3.63, 3.8) is 0 Å². The third-order valence-electron chi connectivity index (χ3n) is 18.7. The van der Waals surface area contributed by atoms with Gasteiger partial charge in [0.15, 0.2) is 0 Å². The molecule has 92 heavy (non-hydrogen) atoms. The highest BCUT2D eigenvalue weighted by Crippen LogP contribution is 2.46. The van der Waals surface area contributed by atoms with Crippen LogP contribution in [0.1, 0.15) is 0 Å². The number of nitrogens with zero attached hydrogens (tertiary/aromatic N) is 12. The van der Waals surface area contributed by atoms with Gasteiger partial charge in [-0.05, 0) is 69.3 Å². The topological polar surface area (TPSA) is 104 Å². The lowest BCUT2D eigenvalue weighted by molar-refractivity contribution is 0.868. The fraction of sp³-hybridized carbons (Fsp3) is 0. The zero-order valence-electron chi connectivity index (χ0n) is 49.4. The highest BCUT2D eigenvalue weighted by atomic mass is 28.5. The maximum absolute atomic E-state index is 6.08. The SMILES string of the molecule is c1ccc([Si]2(c3ccccc3)N(c3nc(-n4c5ccccc5c5ccccc54)nc(-n4c5ccccc5c5ccccc54)n3)[Si](c3ccccc3)(c3ccccc3)N2c2nc(-n3c4ccccc4c4ccccc43)nc(-n3c4ccccc4c4ccccc43)n2)cc1. The van der Waals surface area contributed by atoms with E-state index in [0.29, 0.717) is 35.7 Å². The molecule has 0 radical (unpaired) electrons. The molecule has 1 aliphatic rings. The van der Waals surface area contributed by atoms with Crippen LogP contribution >= 0.6 is 0 Å². The van der Waals surface area contributed by atoms with Crippen LogP contribution in [0.4, 0.5) is 11.9 Å². The van der Waals surface area contributed by atoms with Crippen LogP contribution in [0.25, 0.3) is 111 Å². The summed E-state index contributed by atoms with van der Waals surface area (Å²) in [6, 6.07) is 113. The number of anilines is 2. The quantitative estimate of drug-likeness (QED) is 0.125. The van der Waals surface area contributed by atoms with Crippen LogP contribution in [-0.2, 0) is 0 Å². The molecule has 19 rings (SSSR count). The van der Waals surface area contributed by atoms with E-state index in [2.05, 4.69) is 342 Å². The van der Waals surface area contributed by atoms with E-state index in [9.17, 15) is 0 Å². The Balaban J connectivity index is 1.01. The van der Waals surface area contributed by atoms with Gasteiger partial charge in [0.2, 0.25) is 35.7 Å². The maximum Gasteiger partial charge on any atom is 0.323 e. The summed E-state index contributed by atoms with van der Waals surface area (Å²) in [6.07, 6.45) is 0. The van der Waals surface area contributed by atoms with Crippen molar-refractivity contribution in [1.29, 1.82) is 0 Å². The van der Waals surface area contributed by atoms with Crippen molar-refractivity contribution < 1.29 is 0 Å². The summed E-state index contributed by atoms with van der Waals surface area (Å²) in [5.41, 5.74) is 7.84. The molecular formula is C78H52N12Si2. The maximum atomic E-state index is 6.08. The van der Waals surface area contributed by atoms with Crippen LogP contribution in [0.5, 0.6) is 0 Å². The fourth-order valence-electron chi connectivity index (χ4n) is 15.1. The first-order valence-corrected chi connectivity index (χ1v) is 34.8. The van der Waals surface area contributed by atoms with Crippen LogP contribution in [0.2, 0.25) is 0 Å². The van der Waals surface area contributed by atoms with Crippen LogP contribution in [0.3, 0.4) is 0 Å². The second kappa shape index (κ2) is 20.2. The van der Waals surface area contributed by atoms with Crippen LogP contribution in [0, 0.1) is 0 Å². The molecule has 12 nitrogen and oxygen atoms in total. The molecule has 0 amide bonds. The molecule has 0 spiro atoms. The number of hydrogen-bond donors (Lipinski definition) is 0. The van der Waals surface area contributed by atoms with Gasteiger partial charge in [-0.1, -0.05) is 267 Å². The second-order valence-electron chi connectivity index (χ2n) is 23.4. The third kappa shape index (κ3) is 7.26. The van der Waals surface area contributed by atoms with E-state index in [1.54, 1.807) is 0 Å². The summed E-state index contributed by atoms with van der Waals surface area (Å²) in [4.78, 5) is 35.8. The predicted octanol–water partition coefficient (Wildman–Crippen LogP) is 14.3. The summed E-state index contributed by atoms with van der Waals surface area (Å²) in [6.45, 7) is 0. The van der Waals surface area contributed by atoms with E-state index in [1.165, 1.54) is 0 Å². The lowest BCUT2D eigenvalue weighted by Gasteiger charge is -2.70. The molecule has 14 heteroatoms. The summed E-state index contributed by atoms with van der Waals surface area (Å²) in [5.74, 6) is 2.97. The van der Waals surface area contributed by atoms with Gasteiger partial charge in [-0.25, -0.2) is 0 Å². The summed E-state index contributed by atoms with van der Waals surface area (Å²) < 4.78 is 14.3. The van der Waals surface area contributed by atoms with Gasteiger partial charge in [0.1, 0.15) is 0 Å². The lowest BCUT2D eigenvalue weighted by Crippen LogP contribution is -3.08. The molecule has 6 aromatic heterocycles. The second-order valence-corrected chi connectivity index (χ2v) is 31.1. The van der Waals surface area contributed by atoms with Crippen molar-refractivity contribution in [2.75, 3.05) is 8.46 Å². The van der Waals surface area contributed by atoms with E-state index in [0.717, 1.165) is 108 Å². The van der Waals surface area contributed by atoms with Crippen molar-refractivity contribution in [1.82, 2.24) is 48.2 Å². The molecule has 0 atom stereocenters. The van der Waals surface area contributed by atoms with Crippen LogP contribution in [-0.4, -0.2) is 65.0 Å². The Bertz CT molecular complexity index is 5010. The molecule has 0 bridgehead atoms. The van der Waals surface area contributed by atoms with E-state index in [1.807, 2.05) is 0 Å². The van der Waals surface area contributed by atoms with Gasteiger partial charge in [-0.15, -0.1) is 0 Å². The standard InChI is InChI=1S/C78H52N12Si2/c1-5-29-53(30-6-1)91(54-31-7-2-8-32-54)89(77-81-73(85-65-45-21-13-37-57(65)58-38-14-22-46-66(58)85)79-74(82-77)86-67-47-23-15-39-59(67)60-40-16-24-48-68(60)86)92(55-33-9-3-10-34-55,56-35-11-4-12-36-56)90(91)78-83-75(87-69-49-25-17-41-61(69)62-42-18-26-50-70(62)87)80-76(84-78)88-71-51-27-19-43-63(71)64-44-20-28-52-72(64)88/h1-52H. The molecule has 0 N–H and O–H groups in total. The molecule has 1 saturated heterocycles. The lowest BCUT2D eigenvalue weighted by atomic mass is 10.2. The van der Waals surface area contributed by atoms with Gasteiger partial charge in [0.05, 0.1) is 44.1 Å². The highest BCUT2D eigenvalue weighted by molar-refractivity contribution is 7.38. The van der Waals surface area contributed by atoms with Gasteiger partial charge in [0.25, 0.3) is 0 Å². The first-order chi connectivity index (χ1) is 45.7. The zero-order valence-corrected chi connectivity index (χ0v) is 51.4. The van der Waals surface area contributed by atoms with Gasteiger partial charge >= 0.3 is 16.8 Å². The molecule has 12 aromatic carbocycles. The molecule has 1 fully saturated rings. The Hall–Kier alpha value is -12.1. The zero-order chi connectivity index (χ0) is 60.5. The molecule has 1 aliphatic heterocycles. The molecule has 0 saturated carbocycles.